The van der Waals surface area contributed by atoms with Crippen molar-refractivity contribution in [3.63, 3.8) is 0 Å². The Balaban J connectivity index is 1.09. The van der Waals surface area contributed by atoms with Gasteiger partial charge in [0.05, 0.1) is 5.69 Å². The largest absolute Gasteiger partial charge is 0.480 e. The van der Waals surface area contributed by atoms with Crippen LogP contribution in [0.3, 0.4) is 0 Å². The van der Waals surface area contributed by atoms with Crippen LogP contribution in [-0.4, -0.2) is 72.1 Å². The molecule has 2 aromatic heterocycles. The number of anilines is 2. The smallest absolute Gasteiger partial charge is 0.266 e. The molecule has 0 aliphatic carbocycles. The number of carbonyl (C=O) groups excluding carboxylic acids is 2. The third-order valence-corrected chi connectivity index (χ3v) is 6.49. The number of carbonyl (C=O) groups is 2. The zero-order chi connectivity index (χ0) is 22.8. The van der Waals surface area contributed by atoms with Crippen LogP contribution in [0.2, 0.25) is 0 Å². The van der Waals surface area contributed by atoms with Crippen LogP contribution in [0.15, 0.2) is 28.9 Å². The van der Waals surface area contributed by atoms with E-state index in [4.69, 9.17) is 9.47 Å². The van der Waals surface area contributed by atoms with Gasteiger partial charge in [-0.15, -0.1) is 0 Å². The van der Waals surface area contributed by atoms with Crippen molar-refractivity contribution in [3.8, 4) is 11.5 Å². The summed E-state index contributed by atoms with van der Waals surface area (Å²) in [4.78, 5) is 36.9. The second kappa shape index (κ2) is 9.62. The number of nitrogens with zero attached hydrogens (tertiary/aromatic N) is 4. The maximum atomic E-state index is 12.4. The molecule has 2 amide bonds. The van der Waals surface area contributed by atoms with E-state index in [1.54, 1.807) is 4.90 Å². The molecule has 3 aliphatic rings. The van der Waals surface area contributed by atoms with E-state index in [2.05, 4.69) is 41.4 Å². The minimum Gasteiger partial charge on any atom is -0.480 e. The molecule has 11 heteroatoms. The molecule has 0 spiro atoms. The van der Waals surface area contributed by atoms with E-state index in [1.165, 1.54) is 0 Å². The maximum Gasteiger partial charge on any atom is 0.266 e. The van der Waals surface area contributed by atoms with Crippen LogP contribution in [0, 0.1) is 0 Å². The molecule has 2 aromatic rings. The maximum absolute atomic E-state index is 12.4. The number of halogens is 1. The Hall–Kier alpha value is -2.76. The summed E-state index contributed by atoms with van der Waals surface area (Å²) in [7, 11) is 0. The van der Waals surface area contributed by atoms with Crippen molar-refractivity contribution >= 4 is 39.4 Å². The van der Waals surface area contributed by atoms with Crippen LogP contribution >= 0.6 is 15.9 Å². The van der Waals surface area contributed by atoms with Gasteiger partial charge < -0.3 is 25.0 Å². The lowest BCUT2D eigenvalue weighted by atomic mass is 10.0. The molecular weight excluding hydrogens is 492 g/mol. The lowest BCUT2D eigenvalue weighted by molar-refractivity contribution is -0.121. The third kappa shape index (κ3) is 5.10. The minimum absolute atomic E-state index is 0.0329. The summed E-state index contributed by atoms with van der Waals surface area (Å²) in [5, 5.41) is 6.31. The number of nitrogens with one attached hydrogen (secondary N) is 2. The van der Waals surface area contributed by atoms with Gasteiger partial charge in [-0.2, -0.15) is 0 Å². The first-order valence-corrected chi connectivity index (χ1v) is 11.8. The fourth-order valence-corrected chi connectivity index (χ4v) is 4.54. The molecule has 1 fully saturated rings. The number of hydrogen-bond donors (Lipinski definition) is 2. The first kappa shape index (κ1) is 22.1. The summed E-state index contributed by atoms with van der Waals surface area (Å²) in [6.45, 7) is 4.00. The second-order valence-corrected chi connectivity index (χ2v) is 9.09. The normalized spacial score (nSPS) is 18.8. The first-order chi connectivity index (χ1) is 16.0. The average Bonchev–Trinajstić information content (AvgIpc) is 2.82. The van der Waals surface area contributed by atoms with Gasteiger partial charge in [-0.25, -0.2) is 9.97 Å². The van der Waals surface area contributed by atoms with Gasteiger partial charge in [-0.05, 0) is 66.1 Å². The van der Waals surface area contributed by atoms with Gasteiger partial charge in [0.15, 0.2) is 36.3 Å². The van der Waals surface area contributed by atoms with E-state index < -0.39 is 0 Å². The lowest BCUT2D eigenvalue weighted by Crippen LogP contribution is -2.47. The van der Waals surface area contributed by atoms with E-state index in [-0.39, 0.29) is 25.0 Å². The minimum atomic E-state index is -0.182. The van der Waals surface area contributed by atoms with Gasteiger partial charge >= 0.3 is 0 Å². The van der Waals surface area contributed by atoms with Crippen molar-refractivity contribution in [2.45, 2.75) is 25.4 Å². The monoisotopic (exact) mass is 516 g/mol. The SMILES string of the molecule is O=C1COc2ccc(CNC3CCN(CCN4C(=O)COc5ccc(Br)nc54)CC3)nc2N1. The molecule has 0 aromatic carbocycles. The van der Waals surface area contributed by atoms with Crippen LogP contribution in [-0.2, 0) is 16.1 Å². The van der Waals surface area contributed by atoms with E-state index in [0.717, 1.165) is 38.2 Å². The highest BCUT2D eigenvalue weighted by molar-refractivity contribution is 9.10. The summed E-state index contributed by atoms with van der Waals surface area (Å²) < 4.78 is 11.5. The van der Waals surface area contributed by atoms with Crippen LogP contribution < -0.4 is 25.0 Å². The molecule has 0 bridgehead atoms. The van der Waals surface area contributed by atoms with Crippen LogP contribution in [0.25, 0.3) is 0 Å². The number of likely N-dealkylation sites (tertiary alicyclic amines) is 1. The molecule has 33 heavy (non-hydrogen) atoms. The zero-order valence-corrected chi connectivity index (χ0v) is 19.6. The lowest BCUT2D eigenvalue weighted by Gasteiger charge is -2.35. The molecule has 5 heterocycles. The Bertz CT molecular complexity index is 1060. The molecular formula is C22H25BrN6O4. The Kier molecular flexibility index (Phi) is 6.43. The van der Waals surface area contributed by atoms with Crippen molar-refractivity contribution in [1.29, 1.82) is 0 Å². The summed E-state index contributed by atoms with van der Waals surface area (Å²) >= 11 is 3.37. The van der Waals surface area contributed by atoms with E-state index >= 15 is 0 Å². The number of fused-ring (bicyclic) bond motifs is 2. The zero-order valence-electron chi connectivity index (χ0n) is 18.1. The van der Waals surface area contributed by atoms with Gasteiger partial charge in [0, 0.05) is 25.7 Å². The Labute approximate surface area is 199 Å². The van der Waals surface area contributed by atoms with Crippen LogP contribution in [0.1, 0.15) is 18.5 Å². The standard InChI is InChI=1S/C22H25BrN6O4/c23-18-4-3-17-22(26-18)29(20(31)13-33-17)10-9-28-7-5-14(6-8-28)24-11-15-1-2-16-21(25-15)27-19(30)12-32-16/h1-4,14,24H,5-13H2,(H,25,27,30). The predicted octanol–water partition coefficient (Wildman–Crippen LogP) is 1.55. The first-order valence-electron chi connectivity index (χ1n) is 11.0. The number of aromatic nitrogens is 2. The number of piperidine rings is 1. The van der Waals surface area contributed by atoms with Gasteiger partial charge in [0.2, 0.25) is 0 Å². The Morgan fingerprint density at radius 1 is 1.03 bits per heavy atom. The molecule has 2 N–H and O–H groups in total. The summed E-state index contributed by atoms with van der Waals surface area (Å²) in [6.07, 6.45) is 2.03. The van der Waals surface area contributed by atoms with E-state index in [9.17, 15) is 9.59 Å². The van der Waals surface area contributed by atoms with Crippen molar-refractivity contribution in [2.24, 2.45) is 0 Å². The van der Waals surface area contributed by atoms with Gasteiger partial charge in [0.25, 0.3) is 11.8 Å². The number of amides is 2. The van der Waals surface area contributed by atoms with Crippen molar-refractivity contribution in [2.75, 3.05) is 49.6 Å². The van der Waals surface area contributed by atoms with E-state index in [0.29, 0.717) is 46.9 Å². The van der Waals surface area contributed by atoms with Crippen molar-refractivity contribution in [3.05, 3.63) is 34.6 Å². The summed E-state index contributed by atoms with van der Waals surface area (Å²) in [5.74, 6) is 2.07. The Morgan fingerprint density at radius 3 is 2.67 bits per heavy atom. The molecule has 1 saturated heterocycles. The number of pyridine rings is 2. The Morgan fingerprint density at radius 2 is 1.82 bits per heavy atom. The topological polar surface area (TPSA) is 109 Å². The summed E-state index contributed by atoms with van der Waals surface area (Å²) in [5.41, 5.74) is 0.866. The number of ether oxygens (including phenoxy) is 2. The molecule has 3 aliphatic heterocycles. The van der Waals surface area contributed by atoms with Crippen molar-refractivity contribution < 1.29 is 19.1 Å². The highest BCUT2D eigenvalue weighted by Gasteiger charge is 2.28. The quantitative estimate of drug-likeness (QED) is 0.556. The van der Waals surface area contributed by atoms with Crippen LogP contribution in [0.4, 0.5) is 11.6 Å². The molecule has 0 saturated carbocycles. The number of rotatable bonds is 6. The van der Waals surface area contributed by atoms with Crippen molar-refractivity contribution in [1.82, 2.24) is 20.2 Å². The fraction of sp³-hybridized carbons (Fsp3) is 0.455. The molecule has 174 valence electrons. The molecule has 5 rings (SSSR count). The predicted molar refractivity (Wildman–Crippen MR) is 124 cm³/mol. The number of hydrogen-bond acceptors (Lipinski definition) is 8. The third-order valence-electron chi connectivity index (χ3n) is 6.04. The fourth-order valence-electron chi connectivity index (χ4n) is 4.24. The highest BCUT2D eigenvalue weighted by Crippen LogP contribution is 2.31. The highest BCUT2D eigenvalue weighted by atomic mass is 79.9. The molecule has 0 atom stereocenters. The molecule has 10 nitrogen and oxygen atoms in total. The molecule has 0 radical (unpaired) electrons. The second-order valence-electron chi connectivity index (χ2n) is 8.27. The molecule has 0 unspecified atom stereocenters. The summed E-state index contributed by atoms with van der Waals surface area (Å²) in [6, 6.07) is 7.81. The van der Waals surface area contributed by atoms with Gasteiger partial charge in [-0.1, -0.05) is 0 Å². The van der Waals surface area contributed by atoms with E-state index in [1.807, 2.05) is 24.3 Å². The average molecular weight is 517 g/mol. The van der Waals surface area contributed by atoms with Gasteiger partial charge in [0.1, 0.15) is 4.60 Å². The van der Waals surface area contributed by atoms with Crippen LogP contribution in [0.5, 0.6) is 11.5 Å². The van der Waals surface area contributed by atoms with Gasteiger partial charge in [-0.3, -0.25) is 14.5 Å².